The molecule has 1 N–H and O–H groups in total. The van der Waals surface area contributed by atoms with E-state index in [2.05, 4.69) is 5.32 Å². The Morgan fingerprint density at radius 3 is 2.42 bits per heavy atom. The van der Waals surface area contributed by atoms with Crippen molar-refractivity contribution in [3.05, 3.63) is 35.4 Å². The first kappa shape index (κ1) is 20.2. The van der Waals surface area contributed by atoms with Crippen LogP contribution < -0.4 is 5.32 Å². The van der Waals surface area contributed by atoms with Crippen LogP contribution in [0.15, 0.2) is 24.3 Å². The molecule has 0 radical (unpaired) electrons. The summed E-state index contributed by atoms with van der Waals surface area (Å²) in [6.45, 7) is 4.94. The smallest absolute Gasteiger partial charge is 0.409 e. The highest BCUT2D eigenvalue weighted by atomic mass is 32.2. The van der Waals surface area contributed by atoms with Crippen LogP contribution in [0.3, 0.4) is 0 Å². The Kier molecular flexibility index (Phi) is 6.98. The number of hydrogen-bond acceptors (Lipinski definition) is 5. The minimum atomic E-state index is -3.49. The lowest BCUT2D eigenvalue weighted by Crippen LogP contribution is -2.51. The van der Waals surface area contributed by atoms with Gasteiger partial charge in [0, 0.05) is 38.3 Å². The fourth-order valence-corrected chi connectivity index (χ4v) is 4.05. The van der Waals surface area contributed by atoms with E-state index in [4.69, 9.17) is 4.74 Å². The molecule has 26 heavy (non-hydrogen) atoms. The third kappa shape index (κ3) is 5.18. The van der Waals surface area contributed by atoms with Crippen molar-refractivity contribution < 1.29 is 22.7 Å². The van der Waals surface area contributed by atoms with E-state index in [1.54, 1.807) is 19.1 Å². The summed E-state index contributed by atoms with van der Waals surface area (Å²) in [7, 11) is -3.49. The van der Waals surface area contributed by atoms with Crippen molar-refractivity contribution in [3.8, 4) is 0 Å². The quantitative estimate of drug-likeness (QED) is 0.785. The van der Waals surface area contributed by atoms with Crippen LogP contribution in [0.1, 0.15) is 22.8 Å². The summed E-state index contributed by atoms with van der Waals surface area (Å²) >= 11 is 0. The van der Waals surface area contributed by atoms with Crippen molar-refractivity contribution in [2.75, 3.05) is 45.1 Å². The molecule has 2 rings (SSSR count). The van der Waals surface area contributed by atoms with E-state index in [0.29, 0.717) is 18.7 Å². The van der Waals surface area contributed by atoms with Gasteiger partial charge in [0.1, 0.15) is 0 Å². The molecule has 2 amide bonds. The standard InChI is InChI=1S/C17H25N3O5S/c1-3-25-17(22)19-9-11-20(12-10-19)26(23,24)13-8-18-16(21)15-7-5-4-6-14(15)2/h4-7H,3,8-13H2,1-2H3,(H,18,21). The summed E-state index contributed by atoms with van der Waals surface area (Å²) in [5.74, 6) is -0.463. The monoisotopic (exact) mass is 383 g/mol. The average Bonchev–Trinajstić information content (AvgIpc) is 2.62. The fraction of sp³-hybridized carbons (Fsp3) is 0.529. The second kappa shape index (κ2) is 9.00. The second-order valence-corrected chi connectivity index (χ2v) is 8.06. The Morgan fingerprint density at radius 1 is 1.15 bits per heavy atom. The minimum Gasteiger partial charge on any atom is -0.450 e. The molecule has 1 aromatic carbocycles. The molecule has 1 aromatic rings. The molecule has 1 aliphatic heterocycles. The van der Waals surface area contributed by atoms with E-state index in [0.717, 1.165) is 5.56 Å². The molecule has 0 saturated carbocycles. The highest BCUT2D eigenvalue weighted by Gasteiger charge is 2.29. The molecular weight excluding hydrogens is 358 g/mol. The molecule has 9 heteroatoms. The lowest BCUT2D eigenvalue weighted by molar-refractivity contribution is 0.0928. The first-order valence-corrected chi connectivity index (χ1v) is 10.2. The summed E-state index contributed by atoms with van der Waals surface area (Å²) < 4.78 is 31.1. The Balaban J connectivity index is 1.81. The van der Waals surface area contributed by atoms with Gasteiger partial charge in [-0.3, -0.25) is 4.79 Å². The molecule has 1 fully saturated rings. The highest BCUT2D eigenvalue weighted by Crippen LogP contribution is 2.10. The predicted octanol–water partition coefficient (Wildman–Crippen LogP) is 0.829. The molecule has 0 bridgehead atoms. The van der Waals surface area contributed by atoms with Crippen LogP contribution in [0.4, 0.5) is 4.79 Å². The van der Waals surface area contributed by atoms with E-state index in [-0.39, 0.29) is 37.9 Å². The molecule has 1 heterocycles. The maximum Gasteiger partial charge on any atom is 0.409 e. The Hall–Kier alpha value is -2.13. The second-order valence-electron chi connectivity index (χ2n) is 5.97. The first-order chi connectivity index (χ1) is 12.3. The Morgan fingerprint density at radius 2 is 1.81 bits per heavy atom. The van der Waals surface area contributed by atoms with Gasteiger partial charge in [0.15, 0.2) is 0 Å². The average molecular weight is 383 g/mol. The molecule has 0 spiro atoms. The van der Waals surface area contributed by atoms with Crippen molar-refractivity contribution in [1.29, 1.82) is 0 Å². The van der Waals surface area contributed by atoms with E-state index in [9.17, 15) is 18.0 Å². The van der Waals surface area contributed by atoms with Crippen molar-refractivity contribution >= 4 is 22.0 Å². The number of sulfonamides is 1. The molecule has 1 saturated heterocycles. The van der Waals surface area contributed by atoms with Crippen LogP contribution >= 0.6 is 0 Å². The van der Waals surface area contributed by atoms with Crippen LogP contribution in [-0.4, -0.2) is 74.7 Å². The van der Waals surface area contributed by atoms with E-state index in [1.165, 1.54) is 9.21 Å². The summed E-state index contributed by atoms with van der Waals surface area (Å²) in [6, 6.07) is 7.14. The topological polar surface area (TPSA) is 96.0 Å². The van der Waals surface area contributed by atoms with Crippen LogP contribution in [0, 0.1) is 6.92 Å². The Bertz CT molecular complexity index is 743. The zero-order chi connectivity index (χ0) is 19.2. The van der Waals surface area contributed by atoms with Gasteiger partial charge < -0.3 is 15.0 Å². The number of ether oxygens (including phenoxy) is 1. The van der Waals surface area contributed by atoms with Gasteiger partial charge in [-0.15, -0.1) is 0 Å². The summed E-state index contributed by atoms with van der Waals surface area (Å²) in [5.41, 5.74) is 1.37. The molecule has 0 aliphatic carbocycles. The SMILES string of the molecule is CCOC(=O)N1CCN(S(=O)(=O)CCNC(=O)c2ccccc2C)CC1. The number of carbonyl (C=O) groups excluding carboxylic acids is 2. The van der Waals surface area contributed by atoms with Crippen LogP contribution in [-0.2, 0) is 14.8 Å². The van der Waals surface area contributed by atoms with Crippen molar-refractivity contribution in [2.45, 2.75) is 13.8 Å². The van der Waals surface area contributed by atoms with E-state index >= 15 is 0 Å². The molecule has 0 unspecified atom stereocenters. The van der Waals surface area contributed by atoms with Crippen molar-refractivity contribution in [2.24, 2.45) is 0 Å². The first-order valence-electron chi connectivity index (χ1n) is 8.58. The molecule has 144 valence electrons. The number of nitrogens with zero attached hydrogens (tertiary/aromatic N) is 2. The van der Waals surface area contributed by atoms with Crippen molar-refractivity contribution in [1.82, 2.24) is 14.5 Å². The number of benzene rings is 1. The fourth-order valence-electron chi connectivity index (χ4n) is 2.71. The zero-order valence-corrected chi connectivity index (χ0v) is 15.9. The van der Waals surface area contributed by atoms with Gasteiger partial charge in [0.05, 0.1) is 12.4 Å². The lowest BCUT2D eigenvalue weighted by atomic mass is 10.1. The van der Waals surface area contributed by atoms with Crippen LogP contribution in [0.5, 0.6) is 0 Å². The minimum absolute atomic E-state index is 0.0353. The van der Waals surface area contributed by atoms with Gasteiger partial charge in [-0.1, -0.05) is 18.2 Å². The number of hydrogen-bond donors (Lipinski definition) is 1. The van der Waals surface area contributed by atoms with E-state index in [1.807, 2.05) is 19.1 Å². The maximum absolute atomic E-state index is 12.4. The van der Waals surface area contributed by atoms with Crippen LogP contribution in [0.2, 0.25) is 0 Å². The number of amides is 2. The molecule has 0 atom stereocenters. The van der Waals surface area contributed by atoms with Gasteiger partial charge in [0.2, 0.25) is 10.0 Å². The summed E-state index contributed by atoms with van der Waals surface area (Å²) in [5, 5.41) is 2.65. The number of rotatable bonds is 6. The summed E-state index contributed by atoms with van der Waals surface area (Å²) in [4.78, 5) is 25.3. The normalized spacial score (nSPS) is 15.5. The van der Waals surface area contributed by atoms with Gasteiger partial charge >= 0.3 is 6.09 Å². The number of aryl methyl sites for hydroxylation is 1. The van der Waals surface area contributed by atoms with Gasteiger partial charge in [-0.2, -0.15) is 4.31 Å². The van der Waals surface area contributed by atoms with Gasteiger partial charge in [-0.05, 0) is 25.5 Å². The molecule has 8 nitrogen and oxygen atoms in total. The zero-order valence-electron chi connectivity index (χ0n) is 15.1. The molecular formula is C17H25N3O5S. The van der Waals surface area contributed by atoms with E-state index < -0.39 is 16.1 Å². The Labute approximate surface area is 154 Å². The number of carbonyl (C=O) groups is 2. The lowest BCUT2D eigenvalue weighted by Gasteiger charge is -2.33. The van der Waals surface area contributed by atoms with Gasteiger partial charge in [-0.25, -0.2) is 13.2 Å². The third-order valence-electron chi connectivity index (χ3n) is 4.19. The van der Waals surface area contributed by atoms with Gasteiger partial charge in [0.25, 0.3) is 5.91 Å². The molecule has 1 aliphatic rings. The van der Waals surface area contributed by atoms with Crippen molar-refractivity contribution in [3.63, 3.8) is 0 Å². The number of nitrogens with one attached hydrogen (secondary N) is 1. The third-order valence-corrected chi connectivity index (χ3v) is 6.07. The maximum atomic E-state index is 12.4. The highest BCUT2D eigenvalue weighted by molar-refractivity contribution is 7.89. The van der Waals surface area contributed by atoms with Crippen LogP contribution in [0.25, 0.3) is 0 Å². The number of piperazine rings is 1. The molecule has 0 aromatic heterocycles. The largest absolute Gasteiger partial charge is 0.450 e. The predicted molar refractivity (Wildman–Crippen MR) is 97.5 cm³/mol. The summed E-state index contributed by atoms with van der Waals surface area (Å²) in [6.07, 6.45) is -0.421.